The van der Waals surface area contributed by atoms with Crippen molar-refractivity contribution >= 4 is 0 Å². The number of rotatable bonds is 6. The molecule has 11 heteroatoms. The fourth-order valence-electron chi connectivity index (χ4n) is 3.67. The van der Waals surface area contributed by atoms with Crippen molar-refractivity contribution in [3.63, 3.8) is 0 Å². The molecule has 168 valence electrons. The molecule has 0 radical (unpaired) electrons. The highest BCUT2D eigenvalue weighted by molar-refractivity contribution is 5.26. The second-order valence-corrected chi connectivity index (χ2v) is 7.46. The maximum absolute atomic E-state index is 12.9. The first-order chi connectivity index (χ1) is 15.2. The first-order valence-corrected chi connectivity index (χ1v) is 10.2. The van der Waals surface area contributed by atoms with Crippen molar-refractivity contribution in [3.8, 4) is 0 Å². The minimum atomic E-state index is -4.42. The van der Waals surface area contributed by atoms with Crippen molar-refractivity contribution in [2.45, 2.75) is 52.2 Å². The summed E-state index contributed by atoms with van der Waals surface area (Å²) < 4.78 is 42.9. The smallest absolute Gasteiger partial charge is 0.277 e. The van der Waals surface area contributed by atoms with Crippen molar-refractivity contribution in [1.82, 2.24) is 18.9 Å². The highest BCUT2D eigenvalue weighted by atomic mass is 19.4. The molecule has 32 heavy (non-hydrogen) atoms. The van der Waals surface area contributed by atoms with Gasteiger partial charge in [-0.3, -0.25) is 18.6 Å². The first kappa shape index (κ1) is 21.7. The van der Waals surface area contributed by atoms with E-state index in [0.29, 0.717) is 30.6 Å². The molecule has 0 spiro atoms. The normalized spacial score (nSPS) is 15.3. The van der Waals surface area contributed by atoms with Crippen molar-refractivity contribution in [3.05, 3.63) is 85.0 Å². The van der Waals surface area contributed by atoms with Crippen LogP contribution >= 0.6 is 0 Å². The summed E-state index contributed by atoms with van der Waals surface area (Å²) >= 11 is 0. The van der Waals surface area contributed by atoms with E-state index in [1.54, 1.807) is 19.2 Å². The molecule has 0 bridgehead atoms. The standard InChI is InChI=1S/C21H21F3N6O2/c1-3-8-30-19(31)16-18(29(4-2)20(30)32)27-17(26-16)14-10-25-28(12-14)11-13-6-5-7-15(9-13)21(22,23)24/h5-7,9-10,12,17H,3-4,8,11H2,1-2H3/t17-/m0/s1. The van der Waals surface area contributed by atoms with Gasteiger partial charge < -0.3 is 0 Å². The Hall–Kier alpha value is -3.50. The summed E-state index contributed by atoms with van der Waals surface area (Å²) in [5.41, 5.74) is -0.354. The van der Waals surface area contributed by atoms with E-state index >= 15 is 0 Å². The maximum Gasteiger partial charge on any atom is 0.416 e. The minimum absolute atomic E-state index is 0.132. The Balaban J connectivity index is 1.67. The third-order valence-electron chi connectivity index (χ3n) is 5.19. The Morgan fingerprint density at radius 3 is 2.56 bits per heavy atom. The third-order valence-corrected chi connectivity index (χ3v) is 5.19. The summed E-state index contributed by atoms with van der Waals surface area (Å²) in [5.74, 6) is 0. The maximum atomic E-state index is 12.9. The van der Waals surface area contributed by atoms with Crippen LogP contribution in [0.1, 0.15) is 43.1 Å². The van der Waals surface area contributed by atoms with Crippen molar-refractivity contribution in [2.75, 3.05) is 0 Å². The summed E-state index contributed by atoms with van der Waals surface area (Å²) in [7, 11) is 0. The van der Waals surface area contributed by atoms with Crippen LogP contribution in [0.3, 0.4) is 0 Å². The summed E-state index contributed by atoms with van der Waals surface area (Å²) in [4.78, 5) is 34.3. The van der Waals surface area contributed by atoms with Crippen molar-refractivity contribution in [2.24, 2.45) is 9.98 Å². The Bertz CT molecular complexity index is 1400. The van der Waals surface area contributed by atoms with E-state index in [9.17, 15) is 22.8 Å². The lowest BCUT2D eigenvalue weighted by Crippen LogP contribution is -2.57. The van der Waals surface area contributed by atoms with E-state index in [4.69, 9.17) is 0 Å². The van der Waals surface area contributed by atoms with Crippen molar-refractivity contribution < 1.29 is 13.2 Å². The Kier molecular flexibility index (Phi) is 5.57. The summed E-state index contributed by atoms with van der Waals surface area (Å²) in [6.07, 6.45) is -1.40. The highest BCUT2D eigenvalue weighted by Gasteiger charge is 2.30. The van der Waals surface area contributed by atoms with E-state index in [-0.39, 0.29) is 17.4 Å². The van der Waals surface area contributed by atoms with Crippen LogP contribution in [0.25, 0.3) is 0 Å². The van der Waals surface area contributed by atoms with E-state index < -0.39 is 29.2 Å². The monoisotopic (exact) mass is 446 g/mol. The molecule has 0 unspecified atom stereocenters. The van der Waals surface area contributed by atoms with E-state index in [0.717, 1.165) is 12.1 Å². The first-order valence-electron chi connectivity index (χ1n) is 10.2. The van der Waals surface area contributed by atoms with Gasteiger partial charge in [0.1, 0.15) is 0 Å². The molecule has 0 fully saturated rings. The number of benzene rings is 1. The van der Waals surface area contributed by atoms with Crippen molar-refractivity contribution in [1.29, 1.82) is 0 Å². The fourth-order valence-corrected chi connectivity index (χ4v) is 3.67. The van der Waals surface area contributed by atoms with Crippen LogP contribution in [-0.2, 0) is 25.8 Å². The van der Waals surface area contributed by atoms with Gasteiger partial charge in [-0.2, -0.15) is 18.3 Å². The molecular weight excluding hydrogens is 425 g/mol. The molecule has 1 aliphatic rings. The largest absolute Gasteiger partial charge is 0.416 e. The highest BCUT2D eigenvalue weighted by Crippen LogP contribution is 2.29. The molecule has 4 rings (SSSR count). The number of halogens is 3. The SMILES string of the molecule is CCCn1c(=O)c2c(n(CC)c1=O)=N[C@@H](c1cnn(Cc3cccc(C(F)(F)F)c3)c1)N=2. The average Bonchev–Trinajstić information content (AvgIpc) is 3.39. The van der Waals surface area contributed by atoms with Gasteiger partial charge in [-0.25, -0.2) is 14.8 Å². The number of hydrogen-bond acceptors (Lipinski definition) is 5. The zero-order valence-corrected chi connectivity index (χ0v) is 17.5. The van der Waals surface area contributed by atoms with Gasteiger partial charge in [0.15, 0.2) is 17.0 Å². The molecule has 1 aromatic carbocycles. The van der Waals surface area contributed by atoms with Gasteiger partial charge in [0.2, 0.25) is 0 Å². The van der Waals surface area contributed by atoms with E-state index in [2.05, 4.69) is 15.1 Å². The van der Waals surface area contributed by atoms with Crippen LogP contribution in [0.2, 0.25) is 0 Å². The van der Waals surface area contributed by atoms with Gasteiger partial charge in [-0.05, 0) is 31.0 Å². The molecule has 0 saturated carbocycles. The van der Waals surface area contributed by atoms with Crippen LogP contribution in [-0.4, -0.2) is 18.9 Å². The molecule has 1 atom stereocenters. The molecule has 0 amide bonds. The van der Waals surface area contributed by atoms with Gasteiger partial charge >= 0.3 is 11.9 Å². The quantitative estimate of drug-likeness (QED) is 0.577. The Morgan fingerprint density at radius 1 is 1.09 bits per heavy atom. The summed E-state index contributed by atoms with van der Waals surface area (Å²) in [6.45, 7) is 4.43. The molecule has 8 nitrogen and oxygen atoms in total. The predicted molar refractivity (Wildman–Crippen MR) is 109 cm³/mol. The number of aromatic nitrogens is 4. The van der Waals surface area contributed by atoms with Crippen LogP contribution < -0.4 is 22.1 Å². The lowest BCUT2D eigenvalue weighted by molar-refractivity contribution is -0.137. The van der Waals surface area contributed by atoms with Crippen LogP contribution in [0.5, 0.6) is 0 Å². The molecule has 0 saturated heterocycles. The Morgan fingerprint density at radius 2 is 1.88 bits per heavy atom. The zero-order chi connectivity index (χ0) is 23.0. The molecule has 0 N–H and O–H groups in total. The fraction of sp³-hybridized carbons (Fsp3) is 0.381. The zero-order valence-electron chi connectivity index (χ0n) is 17.5. The lowest BCUT2D eigenvalue weighted by atomic mass is 10.1. The van der Waals surface area contributed by atoms with Gasteiger partial charge in [0.05, 0.1) is 18.3 Å². The second kappa shape index (κ2) is 8.21. The Labute approximate surface area is 180 Å². The van der Waals surface area contributed by atoms with Gasteiger partial charge in [-0.15, -0.1) is 0 Å². The average molecular weight is 446 g/mol. The van der Waals surface area contributed by atoms with Crippen LogP contribution in [0.4, 0.5) is 13.2 Å². The van der Waals surface area contributed by atoms with Gasteiger partial charge in [0.25, 0.3) is 5.56 Å². The molecule has 2 aromatic heterocycles. The lowest BCUT2D eigenvalue weighted by Gasteiger charge is -2.08. The molecular formula is C21H21F3N6O2. The second-order valence-electron chi connectivity index (χ2n) is 7.46. The van der Waals surface area contributed by atoms with Crippen LogP contribution in [0, 0.1) is 0 Å². The molecule has 0 aliphatic carbocycles. The number of hydrogen-bond donors (Lipinski definition) is 0. The molecule has 3 aromatic rings. The van der Waals surface area contributed by atoms with Crippen LogP contribution in [0.15, 0.2) is 56.2 Å². The number of nitrogens with zero attached hydrogens (tertiary/aromatic N) is 6. The van der Waals surface area contributed by atoms with E-state index in [1.807, 2.05) is 6.92 Å². The van der Waals surface area contributed by atoms with Gasteiger partial charge in [-0.1, -0.05) is 19.1 Å². The van der Waals surface area contributed by atoms with E-state index in [1.165, 1.54) is 26.1 Å². The summed E-state index contributed by atoms with van der Waals surface area (Å²) in [5, 5.41) is 4.34. The minimum Gasteiger partial charge on any atom is -0.277 e. The molecule has 1 aliphatic heterocycles. The van der Waals surface area contributed by atoms with Gasteiger partial charge in [0, 0.05) is 24.8 Å². The predicted octanol–water partition coefficient (Wildman–Crippen LogP) is 1.66. The third kappa shape index (κ3) is 3.90. The number of fused-ring (bicyclic) bond motifs is 1. The topological polar surface area (TPSA) is 86.5 Å². The molecule has 3 heterocycles. The number of alkyl halides is 3. The summed E-state index contributed by atoms with van der Waals surface area (Å²) in [6, 6.07) is 5.04.